The van der Waals surface area contributed by atoms with Gasteiger partial charge in [-0.05, 0) is 49.2 Å². The number of hydrogen-bond donors (Lipinski definition) is 1. The van der Waals surface area contributed by atoms with Gasteiger partial charge in [0.2, 0.25) is 0 Å². The normalized spacial score (nSPS) is 13.4. The molecular weight excluding hydrogens is 502 g/mol. The standard InChI is InChI=1S/C27H30ClNO8/c1-6-36-26(31)18-14-29(13-16-8-9-21(33-3)22(10-16)34-4)15-19(27(32)37-7-2)24(18)17-11-20(28)25(30)23(12-17)35-5/h8-12,14-15,24,30H,6-7,13H2,1-5H3. The first-order chi connectivity index (χ1) is 17.8. The number of hydrogen-bond acceptors (Lipinski definition) is 9. The maximum Gasteiger partial charge on any atom is 0.336 e. The minimum absolute atomic E-state index is 0.00789. The molecule has 2 aromatic carbocycles. The van der Waals surface area contributed by atoms with Gasteiger partial charge < -0.3 is 33.7 Å². The van der Waals surface area contributed by atoms with Crippen molar-refractivity contribution in [3.8, 4) is 23.0 Å². The number of aromatic hydroxyl groups is 1. The molecule has 0 fully saturated rings. The molecule has 1 aliphatic rings. The molecule has 0 aliphatic carbocycles. The molecule has 0 saturated carbocycles. The third kappa shape index (κ3) is 6.11. The Morgan fingerprint density at radius 3 is 1.95 bits per heavy atom. The number of ether oxygens (including phenoxy) is 5. The van der Waals surface area contributed by atoms with Crippen LogP contribution in [-0.2, 0) is 25.6 Å². The van der Waals surface area contributed by atoms with Gasteiger partial charge in [0, 0.05) is 18.9 Å². The number of phenols is 1. The molecule has 0 amide bonds. The minimum Gasteiger partial charge on any atom is -0.503 e. The van der Waals surface area contributed by atoms with Crippen LogP contribution in [0.15, 0.2) is 53.9 Å². The summed E-state index contributed by atoms with van der Waals surface area (Å²) in [6, 6.07) is 8.45. The smallest absolute Gasteiger partial charge is 0.336 e. The highest BCUT2D eigenvalue weighted by molar-refractivity contribution is 6.32. The van der Waals surface area contributed by atoms with Crippen LogP contribution in [0.4, 0.5) is 0 Å². The molecular formula is C27H30ClNO8. The van der Waals surface area contributed by atoms with E-state index in [0.717, 1.165) is 5.56 Å². The fourth-order valence-electron chi connectivity index (χ4n) is 4.04. The third-order valence-electron chi connectivity index (χ3n) is 5.67. The van der Waals surface area contributed by atoms with Gasteiger partial charge in [0.15, 0.2) is 23.0 Å². The van der Waals surface area contributed by atoms with Crippen LogP contribution >= 0.6 is 11.6 Å². The Morgan fingerprint density at radius 2 is 1.43 bits per heavy atom. The van der Waals surface area contributed by atoms with E-state index >= 15 is 0 Å². The van der Waals surface area contributed by atoms with Gasteiger partial charge in [-0.3, -0.25) is 0 Å². The number of rotatable bonds is 10. The SMILES string of the molecule is CCOC(=O)C1=CN(Cc2ccc(OC)c(OC)c2)C=C(C(=O)OCC)C1c1cc(Cl)c(O)c(OC)c1. The van der Waals surface area contributed by atoms with E-state index in [1.165, 1.54) is 19.2 Å². The van der Waals surface area contributed by atoms with E-state index in [2.05, 4.69) is 0 Å². The Kier molecular flexibility index (Phi) is 9.30. The second-order valence-electron chi connectivity index (χ2n) is 7.96. The highest BCUT2D eigenvalue weighted by Crippen LogP contribution is 2.43. The second-order valence-corrected chi connectivity index (χ2v) is 8.37. The summed E-state index contributed by atoms with van der Waals surface area (Å²) >= 11 is 6.25. The Hall–Kier alpha value is -3.85. The number of esters is 2. The summed E-state index contributed by atoms with van der Waals surface area (Å²) in [7, 11) is 4.47. The van der Waals surface area contributed by atoms with E-state index in [-0.39, 0.29) is 40.9 Å². The monoisotopic (exact) mass is 531 g/mol. The van der Waals surface area contributed by atoms with Crippen molar-refractivity contribution in [1.82, 2.24) is 4.90 Å². The highest BCUT2D eigenvalue weighted by atomic mass is 35.5. The van der Waals surface area contributed by atoms with Gasteiger partial charge in [-0.1, -0.05) is 17.7 Å². The summed E-state index contributed by atoms with van der Waals surface area (Å²) in [6.45, 7) is 3.96. The van der Waals surface area contributed by atoms with Crippen molar-refractivity contribution in [3.63, 3.8) is 0 Å². The quantitative estimate of drug-likeness (QED) is 0.442. The van der Waals surface area contributed by atoms with Crippen LogP contribution in [0.2, 0.25) is 5.02 Å². The van der Waals surface area contributed by atoms with Crippen LogP contribution in [0, 0.1) is 0 Å². The summed E-state index contributed by atoms with van der Waals surface area (Å²) in [6.07, 6.45) is 3.24. The fraction of sp³-hybridized carbons (Fsp3) is 0.333. The maximum atomic E-state index is 13.1. The molecule has 0 bridgehead atoms. The molecule has 2 aromatic rings. The number of carbonyl (C=O) groups excluding carboxylic acids is 2. The molecule has 1 aliphatic heterocycles. The predicted molar refractivity (Wildman–Crippen MR) is 137 cm³/mol. The van der Waals surface area contributed by atoms with Gasteiger partial charge in [-0.15, -0.1) is 0 Å². The van der Waals surface area contributed by atoms with E-state index in [1.54, 1.807) is 51.4 Å². The molecule has 3 rings (SSSR count). The van der Waals surface area contributed by atoms with E-state index in [0.29, 0.717) is 23.6 Å². The summed E-state index contributed by atoms with van der Waals surface area (Å²) < 4.78 is 26.6. The lowest BCUT2D eigenvalue weighted by Crippen LogP contribution is -2.29. The van der Waals surface area contributed by atoms with Crippen molar-refractivity contribution < 1.29 is 38.4 Å². The Bertz CT molecular complexity index is 1190. The number of benzene rings is 2. The van der Waals surface area contributed by atoms with Crippen LogP contribution in [0.5, 0.6) is 23.0 Å². The van der Waals surface area contributed by atoms with Crippen molar-refractivity contribution in [2.24, 2.45) is 0 Å². The molecule has 0 radical (unpaired) electrons. The summed E-state index contributed by atoms with van der Waals surface area (Å²) in [5.74, 6) is -1.13. The predicted octanol–water partition coefficient (Wildman–Crippen LogP) is 4.56. The first-order valence-corrected chi connectivity index (χ1v) is 12.0. The van der Waals surface area contributed by atoms with Crippen molar-refractivity contribution >= 4 is 23.5 Å². The zero-order chi connectivity index (χ0) is 27.1. The molecule has 37 heavy (non-hydrogen) atoms. The zero-order valence-electron chi connectivity index (χ0n) is 21.4. The molecule has 9 nitrogen and oxygen atoms in total. The minimum atomic E-state index is -0.883. The van der Waals surface area contributed by atoms with Crippen molar-refractivity contribution in [1.29, 1.82) is 0 Å². The lowest BCUT2D eigenvalue weighted by Gasteiger charge is -2.31. The summed E-state index contributed by atoms with van der Waals surface area (Å²) in [4.78, 5) is 28.0. The number of halogens is 1. The molecule has 1 heterocycles. The molecule has 198 valence electrons. The average Bonchev–Trinajstić information content (AvgIpc) is 2.89. The molecule has 10 heteroatoms. The average molecular weight is 532 g/mol. The zero-order valence-corrected chi connectivity index (χ0v) is 22.1. The van der Waals surface area contributed by atoms with Gasteiger partial charge in [0.25, 0.3) is 0 Å². The van der Waals surface area contributed by atoms with Crippen LogP contribution in [0.3, 0.4) is 0 Å². The van der Waals surface area contributed by atoms with Gasteiger partial charge >= 0.3 is 11.9 Å². The molecule has 0 saturated heterocycles. The molecule has 0 spiro atoms. The number of nitrogens with zero attached hydrogens (tertiary/aromatic N) is 1. The van der Waals surface area contributed by atoms with Gasteiger partial charge in [-0.2, -0.15) is 0 Å². The van der Waals surface area contributed by atoms with Gasteiger partial charge in [0.05, 0.1) is 56.6 Å². The first kappa shape index (κ1) is 27.7. The summed E-state index contributed by atoms with van der Waals surface area (Å²) in [5.41, 5.74) is 1.67. The maximum absolute atomic E-state index is 13.1. The van der Waals surface area contributed by atoms with E-state index in [1.807, 2.05) is 12.1 Å². The number of phenolic OH excluding ortho intramolecular Hbond substituents is 1. The molecule has 0 unspecified atom stereocenters. The highest BCUT2D eigenvalue weighted by Gasteiger charge is 2.36. The Labute approximate surface area is 220 Å². The first-order valence-electron chi connectivity index (χ1n) is 11.6. The number of methoxy groups -OCH3 is 3. The van der Waals surface area contributed by atoms with Crippen molar-refractivity contribution in [2.75, 3.05) is 34.5 Å². The Morgan fingerprint density at radius 1 is 0.865 bits per heavy atom. The molecule has 1 N–H and O–H groups in total. The van der Waals surface area contributed by atoms with E-state index < -0.39 is 17.9 Å². The summed E-state index contributed by atoms with van der Waals surface area (Å²) in [5, 5.41) is 10.2. The van der Waals surface area contributed by atoms with Crippen molar-refractivity contribution in [3.05, 3.63) is 70.0 Å². The third-order valence-corrected chi connectivity index (χ3v) is 5.96. The number of carbonyl (C=O) groups is 2. The van der Waals surface area contributed by atoms with E-state index in [9.17, 15) is 14.7 Å². The van der Waals surface area contributed by atoms with E-state index in [4.69, 9.17) is 35.3 Å². The molecule has 0 atom stereocenters. The van der Waals surface area contributed by atoms with Crippen LogP contribution in [0.25, 0.3) is 0 Å². The van der Waals surface area contributed by atoms with Crippen molar-refractivity contribution in [2.45, 2.75) is 26.3 Å². The largest absolute Gasteiger partial charge is 0.503 e. The van der Waals surface area contributed by atoms with Gasteiger partial charge in [-0.25, -0.2) is 9.59 Å². The lowest BCUT2D eigenvalue weighted by atomic mass is 9.83. The van der Waals surface area contributed by atoms with Gasteiger partial charge in [0.1, 0.15) is 0 Å². The van der Waals surface area contributed by atoms with Crippen LogP contribution in [-0.4, -0.2) is 56.5 Å². The van der Waals surface area contributed by atoms with Crippen LogP contribution in [0.1, 0.15) is 30.9 Å². The Balaban J connectivity index is 2.14. The topological polar surface area (TPSA) is 104 Å². The van der Waals surface area contributed by atoms with Crippen LogP contribution < -0.4 is 14.2 Å². The fourth-order valence-corrected chi connectivity index (χ4v) is 4.26. The molecule has 0 aromatic heterocycles. The second kappa shape index (κ2) is 12.4. The lowest BCUT2D eigenvalue weighted by molar-refractivity contribution is -0.139.